The largest absolute Gasteiger partial charge is 0.301 e. The topological polar surface area (TPSA) is 33.4 Å². The number of aromatic nitrogens is 3. The van der Waals surface area contributed by atoms with Crippen LogP contribution in [-0.4, -0.2) is 38.6 Å². The molecule has 0 spiro atoms. The van der Waals surface area contributed by atoms with E-state index in [1.807, 2.05) is 12.1 Å². The molecule has 0 radical (unpaired) electrons. The normalized spacial score (nSPS) is 19.6. The van der Waals surface area contributed by atoms with Gasteiger partial charge in [-0.3, -0.25) is 0 Å². The first kappa shape index (κ1) is 13.8. The van der Waals surface area contributed by atoms with Gasteiger partial charge in [0.05, 0.1) is 6.20 Å². The zero-order valence-corrected chi connectivity index (χ0v) is 12.8. The average Bonchev–Trinajstić information content (AvgIpc) is 2.95. The van der Waals surface area contributed by atoms with Gasteiger partial charge in [-0.1, -0.05) is 18.5 Å². The van der Waals surface area contributed by atoms with E-state index in [9.17, 15) is 0 Å². The molecule has 0 amide bonds. The highest BCUT2D eigenvalue weighted by molar-refractivity contribution is 6.29. The summed E-state index contributed by atoms with van der Waals surface area (Å²) in [5.41, 5.74) is 1.96. The van der Waals surface area contributed by atoms with Crippen molar-refractivity contribution in [2.24, 2.45) is 0 Å². The maximum atomic E-state index is 6.27. The Morgan fingerprint density at radius 2 is 2.15 bits per heavy atom. The highest BCUT2D eigenvalue weighted by Crippen LogP contribution is 2.29. The molecule has 1 aliphatic heterocycles. The standard InChI is InChI=1S/C15H21ClN4/c1-3-11(2)19-8-5-12(6-9-19)13-10-14(16)20-15(18-13)4-7-17-20/h4,7,10-12H,3,5-6,8-9H2,1-2H3. The molecule has 1 atom stereocenters. The number of rotatable bonds is 3. The van der Waals surface area contributed by atoms with Crippen molar-refractivity contribution in [1.29, 1.82) is 0 Å². The summed E-state index contributed by atoms with van der Waals surface area (Å²) in [7, 11) is 0. The summed E-state index contributed by atoms with van der Waals surface area (Å²) in [6.07, 6.45) is 5.29. The van der Waals surface area contributed by atoms with Crippen LogP contribution in [-0.2, 0) is 0 Å². The predicted molar refractivity (Wildman–Crippen MR) is 81.3 cm³/mol. The van der Waals surface area contributed by atoms with Gasteiger partial charge in [0.25, 0.3) is 0 Å². The van der Waals surface area contributed by atoms with Crippen LogP contribution in [0.3, 0.4) is 0 Å². The van der Waals surface area contributed by atoms with Crippen LogP contribution in [0, 0.1) is 0 Å². The van der Waals surface area contributed by atoms with E-state index in [2.05, 4.69) is 23.8 Å². The van der Waals surface area contributed by atoms with Crippen LogP contribution in [0.15, 0.2) is 18.3 Å². The summed E-state index contributed by atoms with van der Waals surface area (Å²) in [6.45, 7) is 6.88. The fraction of sp³-hybridized carbons (Fsp3) is 0.600. The zero-order chi connectivity index (χ0) is 14.1. The van der Waals surface area contributed by atoms with Gasteiger partial charge in [0.1, 0.15) is 5.15 Å². The Hall–Kier alpha value is -1.13. The summed E-state index contributed by atoms with van der Waals surface area (Å²) in [4.78, 5) is 7.29. The average molecular weight is 293 g/mol. The van der Waals surface area contributed by atoms with Crippen LogP contribution in [0.4, 0.5) is 0 Å². The lowest BCUT2D eigenvalue weighted by Crippen LogP contribution is -2.39. The van der Waals surface area contributed by atoms with Gasteiger partial charge in [0, 0.05) is 23.7 Å². The molecule has 0 aromatic carbocycles. The Morgan fingerprint density at radius 3 is 2.85 bits per heavy atom. The van der Waals surface area contributed by atoms with E-state index in [1.54, 1.807) is 10.7 Å². The van der Waals surface area contributed by atoms with Gasteiger partial charge in [0.15, 0.2) is 5.65 Å². The summed E-state index contributed by atoms with van der Waals surface area (Å²) in [6, 6.07) is 4.57. The van der Waals surface area contributed by atoms with Crippen LogP contribution < -0.4 is 0 Å². The lowest BCUT2D eigenvalue weighted by atomic mass is 9.92. The molecule has 1 fully saturated rings. The minimum atomic E-state index is 0.521. The Morgan fingerprint density at radius 1 is 1.40 bits per heavy atom. The fourth-order valence-electron chi connectivity index (χ4n) is 3.00. The van der Waals surface area contributed by atoms with Crippen molar-refractivity contribution in [3.8, 4) is 0 Å². The maximum Gasteiger partial charge on any atom is 0.156 e. The zero-order valence-electron chi connectivity index (χ0n) is 12.1. The molecule has 2 aromatic heterocycles. The van der Waals surface area contributed by atoms with Gasteiger partial charge >= 0.3 is 0 Å². The first-order valence-electron chi connectivity index (χ1n) is 7.43. The third-order valence-electron chi connectivity index (χ3n) is 4.50. The molecule has 5 heteroatoms. The van der Waals surface area contributed by atoms with Crippen molar-refractivity contribution in [2.45, 2.75) is 45.1 Å². The second-order valence-electron chi connectivity index (χ2n) is 5.67. The van der Waals surface area contributed by atoms with E-state index in [0.717, 1.165) is 37.3 Å². The van der Waals surface area contributed by atoms with Crippen molar-refractivity contribution in [3.63, 3.8) is 0 Å². The Labute approximate surface area is 124 Å². The maximum absolute atomic E-state index is 6.27. The molecule has 2 aromatic rings. The lowest BCUT2D eigenvalue weighted by molar-refractivity contribution is 0.157. The van der Waals surface area contributed by atoms with Crippen LogP contribution in [0.25, 0.3) is 5.65 Å². The molecule has 0 aliphatic carbocycles. The number of fused-ring (bicyclic) bond motifs is 1. The van der Waals surface area contributed by atoms with Gasteiger partial charge in [-0.05, 0) is 45.3 Å². The third kappa shape index (κ3) is 2.54. The van der Waals surface area contributed by atoms with Crippen LogP contribution in [0.2, 0.25) is 5.15 Å². The number of likely N-dealkylation sites (tertiary alicyclic amines) is 1. The van der Waals surface area contributed by atoms with Gasteiger partial charge in [-0.15, -0.1) is 0 Å². The number of hydrogen-bond donors (Lipinski definition) is 0. The highest BCUT2D eigenvalue weighted by atomic mass is 35.5. The first-order valence-corrected chi connectivity index (χ1v) is 7.81. The van der Waals surface area contributed by atoms with E-state index in [4.69, 9.17) is 16.6 Å². The molecule has 0 saturated carbocycles. The molecule has 108 valence electrons. The molecule has 0 bridgehead atoms. The van der Waals surface area contributed by atoms with Crippen molar-refractivity contribution < 1.29 is 0 Å². The van der Waals surface area contributed by atoms with Crippen LogP contribution >= 0.6 is 11.6 Å². The number of piperidine rings is 1. The Balaban J connectivity index is 1.76. The van der Waals surface area contributed by atoms with E-state index in [0.29, 0.717) is 17.1 Å². The Kier molecular flexibility index (Phi) is 3.94. The SMILES string of the molecule is CCC(C)N1CCC(c2cc(Cl)n3nccc3n2)CC1. The van der Waals surface area contributed by atoms with Gasteiger partial charge in [-0.2, -0.15) is 5.10 Å². The summed E-state index contributed by atoms with van der Waals surface area (Å²) in [5.74, 6) is 0.521. The minimum Gasteiger partial charge on any atom is -0.301 e. The van der Waals surface area contributed by atoms with Gasteiger partial charge in [-0.25, -0.2) is 9.50 Å². The summed E-state index contributed by atoms with van der Waals surface area (Å²) < 4.78 is 1.68. The summed E-state index contributed by atoms with van der Waals surface area (Å²) in [5, 5.41) is 4.82. The van der Waals surface area contributed by atoms with Gasteiger partial charge in [0.2, 0.25) is 0 Å². The highest BCUT2D eigenvalue weighted by Gasteiger charge is 2.24. The van der Waals surface area contributed by atoms with Crippen molar-refractivity contribution in [2.75, 3.05) is 13.1 Å². The second-order valence-corrected chi connectivity index (χ2v) is 6.06. The quantitative estimate of drug-likeness (QED) is 0.813. The van der Waals surface area contributed by atoms with E-state index in [1.165, 1.54) is 6.42 Å². The number of halogens is 1. The van der Waals surface area contributed by atoms with Crippen LogP contribution in [0.5, 0.6) is 0 Å². The molecule has 1 unspecified atom stereocenters. The van der Waals surface area contributed by atoms with E-state index < -0.39 is 0 Å². The number of hydrogen-bond acceptors (Lipinski definition) is 3. The third-order valence-corrected chi connectivity index (χ3v) is 4.77. The van der Waals surface area contributed by atoms with Crippen molar-refractivity contribution >= 4 is 17.2 Å². The van der Waals surface area contributed by atoms with Gasteiger partial charge < -0.3 is 4.90 Å². The monoisotopic (exact) mass is 292 g/mol. The second kappa shape index (κ2) is 5.70. The fourth-order valence-corrected chi connectivity index (χ4v) is 3.24. The molecule has 1 aliphatic rings. The lowest BCUT2D eigenvalue weighted by Gasteiger charge is -2.35. The molecule has 20 heavy (non-hydrogen) atoms. The van der Waals surface area contributed by atoms with E-state index in [-0.39, 0.29) is 0 Å². The molecule has 1 saturated heterocycles. The molecule has 0 N–H and O–H groups in total. The van der Waals surface area contributed by atoms with Crippen molar-refractivity contribution in [1.82, 2.24) is 19.5 Å². The van der Waals surface area contributed by atoms with Crippen LogP contribution in [0.1, 0.15) is 44.7 Å². The minimum absolute atomic E-state index is 0.521. The van der Waals surface area contributed by atoms with Crippen molar-refractivity contribution in [3.05, 3.63) is 29.2 Å². The predicted octanol–water partition coefficient (Wildman–Crippen LogP) is 3.36. The molecule has 3 rings (SSSR count). The smallest absolute Gasteiger partial charge is 0.156 e. The Bertz CT molecular complexity index is 587. The first-order chi connectivity index (χ1) is 9.69. The van der Waals surface area contributed by atoms with E-state index >= 15 is 0 Å². The number of nitrogens with zero attached hydrogens (tertiary/aromatic N) is 4. The molecular formula is C15H21ClN4. The molecular weight excluding hydrogens is 272 g/mol. The summed E-state index contributed by atoms with van der Waals surface area (Å²) >= 11 is 6.27. The molecule has 3 heterocycles. The molecule has 4 nitrogen and oxygen atoms in total.